The molecule has 1 heterocycles. The maximum absolute atomic E-state index is 11.9. The minimum atomic E-state index is -0.454. The first-order chi connectivity index (χ1) is 15.0. The standard InChI is InChI=1S/C23H27N5O3/c1-28(2)13-12-24-23-26-19(16-8-6-5-7-9-16)15-21(27-23)25-17-10-11-18(22(29)31-4)20(14-17)30-3/h5-11,14-15H,12-13H2,1-4H3,(H2,24,25,26,27). The quantitative estimate of drug-likeness (QED) is 0.506. The largest absolute Gasteiger partial charge is 0.496 e. The zero-order chi connectivity index (χ0) is 22.2. The SMILES string of the molecule is COC(=O)c1ccc(Nc2cc(-c3ccccc3)nc(NCCN(C)C)n2)cc1OC. The number of carbonyl (C=O) groups is 1. The van der Waals surface area contributed by atoms with Crippen LogP contribution < -0.4 is 15.4 Å². The van der Waals surface area contributed by atoms with Gasteiger partial charge in [0.05, 0.1) is 19.9 Å². The number of anilines is 3. The lowest BCUT2D eigenvalue weighted by atomic mass is 10.1. The monoisotopic (exact) mass is 421 g/mol. The predicted octanol–water partition coefficient (Wildman–Crippen LogP) is 3.66. The number of methoxy groups -OCH3 is 2. The molecule has 0 aliphatic rings. The summed E-state index contributed by atoms with van der Waals surface area (Å²) < 4.78 is 10.1. The summed E-state index contributed by atoms with van der Waals surface area (Å²) in [7, 11) is 6.88. The molecule has 2 N–H and O–H groups in total. The average Bonchev–Trinajstić information content (AvgIpc) is 2.78. The lowest BCUT2D eigenvalue weighted by Crippen LogP contribution is -2.21. The van der Waals surface area contributed by atoms with Crippen LogP contribution >= 0.6 is 0 Å². The van der Waals surface area contributed by atoms with Crippen LogP contribution in [0.15, 0.2) is 54.6 Å². The van der Waals surface area contributed by atoms with E-state index >= 15 is 0 Å². The Morgan fingerprint density at radius 3 is 2.48 bits per heavy atom. The minimum Gasteiger partial charge on any atom is -0.496 e. The third-order valence-electron chi connectivity index (χ3n) is 4.52. The molecule has 2 aromatic carbocycles. The third-order valence-corrected chi connectivity index (χ3v) is 4.52. The van der Waals surface area contributed by atoms with Crippen molar-refractivity contribution in [2.45, 2.75) is 0 Å². The normalized spacial score (nSPS) is 10.6. The van der Waals surface area contributed by atoms with Gasteiger partial charge in [0, 0.05) is 36.5 Å². The van der Waals surface area contributed by atoms with E-state index in [-0.39, 0.29) is 0 Å². The van der Waals surface area contributed by atoms with Crippen LogP contribution in [0.2, 0.25) is 0 Å². The van der Waals surface area contributed by atoms with Crippen LogP contribution in [0.4, 0.5) is 17.5 Å². The molecule has 31 heavy (non-hydrogen) atoms. The Labute approximate surface area is 182 Å². The third kappa shape index (κ3) is 5.93. The van der Waals surface area contributed by atoms with E-state index in [0.717, 1.165) is 23.5 Å². The molecule has 0 saturated heterocycles. The van der Waals surface area contributed by atoms with Gasteiger partial charge in [-0.2, -0.15) is 4.98 Å². The van der Waals surface area contributed by atoms with E-state index in [9.17, 15) is 4.79 Å². The zero-order valence-corrected chi connectivity index (χ0v) is 18.2. The number of likely N-dealkylation sites (N-methyl/N-ethyl adjacent to an activating group) is 1. The number of benzene rings is 2. The van der Waals surface area contributed by atoms with Gasteiger partial charge in [0.2, 0.25) is 5.95 Å². The van der Waals surface area contributed by atoms with E-state index in [1.165, 1.54) is 14.2 Å². The van der Waals surface area contributed by atoms with Crippen molar-refractivity contribution < 1.29 is 14.3 Å². The summed E-state index contributed by atoms with van der Waals surface area (Å²) in [5.41, 5.74) is 2.86. The van der Waals surface area contributed by atoms with E-state index in [4.69, 9.17) is 9.47 Å². The molecular weight excluding hydrogens is 394 g/mol. The average molecular weight is 422 g/mol. The van der Waals surface area contributed by atoms with Crippen molar-refractivity contribution in [1.29, 1.82) is 0 Å². The Bertz CT molecular complexity index is 1020. The van der Waals surface area contributed by atoms with E-state index in [1.54, 1.807) is 18.2 Å². The number of aromatic nitrogens is 2. The molecule has 0 fully saturated rings. The van der Waals surface area contributed by atoms with Gasteiger partial charge in [-0.3, -0.25) is 0 Å². The lowest BCUT2D eigenvalue weighted by molar-refractivity contribution is 0.0597. The highest BCUT2D eigenvalue weighted by atomic mass is 16.5. The van der Waals surface area contributed by atoms with Gasteiger partial charge < -0.3 is 25.0 Å². The van der Waals surface area contributed by atoms with Crippen molar-refractivity contribution in [2.24, 2.45) is 0 Å². The molecule has 0 radical (unpaired) electrons. The number of nitrogens with one attached hydrogen (secondary N) is 2. The molecule has 0 bridgehead atoms. The number of hydrogen-bond donors (Lipinski definition) is 2. The molecule has 0 amide bonds. The Hall–Kier alpha value is -3.65. The second-order valence-corrected chi connectivity index (χ2v) is 7.09. The van der Waals surface area contributed by atoms with Crippen molar-refractivity contribution in [3.8, 4) is 17.0 Å². The first-order valence-electron chi connectivity index (χ1n) is 9.86. The van der Waals surface area contributed by atoms with E-state index in [2.05, 4.69) is 25.5 Å². The zero-order valence-electron chi connectivity index (χ0n) is 18.2. The van der Waals surface area contributed by atoms with Gasteiger partial charge in [-0.1, -0.05) is 30.3 Å². The topological polar surface area (TPSA) is 88.6 Å². The summed E-state index contributed by atoms with van der Waals surface area (Å²) in [5, 5.41) is 6.56. The Morgan fingerprint density at radius 1 is 1.03 bits per heavy atom. The molecule has 162 valence electrons. The van der Waals surface area contributed by atoms with Crippen molar-refractivity contribution in [3.05, 3.63) is 60.2 Å². The molecule has 0 spiro atoms. The molecule has 8 nitrogen and oxygen atoms in total. The number of esters is 1. The van der Waals surface area contributed by atoms with Gasteiger partial charge in [-0.05, 0) is 26.2 Å². The van der Waals surface area contributed by atoms with Gasteiger partial charge >= 0.3 is 5.97 Å². The highest BCUT2D eigenvalue weighted by molar-refractivity contribution is 5.93. The van der Waals surface area contributed by atoms with Crippen LogP contribution in [0, 0.1) is 0 Å². The molecule has 1 aromatic heterocycles. The van der Waals surface area contributed by atoms with Crippen LogP contribution in [0.5, 0.6) is 5.75 Å². The van der Waals surface area contributed by atoms with Crippen LogP contribution in [0.1, 0.15) is 10.4 Å². The smallest absolute Gasteiger partial charge is 0.341 e. The summed E-state index contributed by atoms with van der Waals surface area (Å²) in [6.07, 6.45) is 0. The maximum Gasteiger partial charge on any atom is 0.341 e. The van der Waals surface area contributed by atoms with Crippen molar-refractivity contribution in [1.82, 2.24) is 14.9 Å². The number of rotatable bonds is 9. The highest BCUT2D eigenvalue weighted by Crippen LogP contribution is 2.28. The second-order valence-electron chi connectivity index (χ2n) is 7.09. The van der Waals surface area contributed by atoms with Crippen molar-refractivity contribution in [2.75, 3.05) is 52.0 Å². The van der Waals surface area contributed by atoms with E-state index in [0.29, 0.717) is 29.6 Å². The maximum atomic E-state index is 11.9. The van der Waals surface area contributed by atoms with Crippen LogP contribution in [-0.2, 0) is 4.74 Å². The van der Waals surface area contributed by atoms with E-state index in [1.807, 2.05) is 50.5 Å². The minimum absolute atomic E-state index is 0.356. The van der Waals surface area contributed by atoms with Crippen LogP contribution in [0.3, 0.4) is 0 Å². The Morgan fingerprint density at radius 2 is 1.81 bits per heavy atom. The van der Waals surface area contributed by atoms with Gasteiger partial charge in [-0.15, -0.1) is 0 Å². The first-order valence-corrected chi connectivity index (χ1v) is 9.86. The summed E-state index contributed by atoms with van der Waals surface area (Å²) in [6, 6.07) is 17.0. The fraction of sp³-hybridized carbons (Fsp3) is 0.261. The summed E-state index contributed by atoms with van der Waals surface area (Å²) in [5.74, 6) is 1.11. The molecule has 0 unspecified atom stereocenters. The van der Waals surface area contributed by atoms with Gasteiger partial charge in [0.15, 0.2) is 0 Å². The molecule has 3 aromatic rings. The molecule has 0 atom stereocenters. The Balaban J connectivity index is 1.91. The lowest BCUT2D eigenvalue weighted by Gasteiger charge is -2.14. The molecule has 0 saturated carbocycles. The Kier molecular flexibility index (Phi) is 7.40. The first kappa shape index (κ1) is 22.0. The van der Waals surface area contributed by atoms with E-state index < -0.39 is 5.97 Å². The molecule has 0 aliphatic heterocycles. The van der Waals surface area contributed by atoms with Gasteiger partial charge in [0.25, 0.3) is 0 Å². The van der Waals surface area contributed by atoms with Crippen molar-refractivity contribution >= 4 is 23.4 Å². The second kappa shape index (κ2) is 10.4. The van der Waals surface area contributed by atoms with Gasteiger partial charge in [-0.25, -0.2) is 9.78 Å². The molecular formula is C23H27N5O3. The number of carbonyl (C=O) groups excluding carboxylic acids is 1. The summed E-state index contributed by atoms with van der Waals surface area (Å²) in [4.78, 5) is 23.2. The number of hydrogen-bond acceptors (Lipinski definition) is 8. The summed E-state index contributed by atoms with van der Waals surface area (Å²) >= 11 is 0. The fourth-order valence-corrected chi connectivity index (χ4v) is 2.93. The van der Waals surface area contributed by atoms with Crippen LogP contribution in [0.25, 0.3) is 11.3 Å². The highest BCUT2D eigenvalue weighted by Gasteiger charge is 2.14. The number of ether oxygens (including phenoxy) is 2. The molecule has 0 aliphatic carbocycles. The molecule has 8 heteroatoms. The predicted molar refractivity (Wildman–Crippen MR) is 122 cm³/mol. The summed E-state index contributed by atoms with van der Waals surface area (Å²) in [6.45, 7) is 1.57. The van der Waals surface area contributed by atoms with Crippen LogP contribution in [-0.4, -0.2) is 62.2 Å². The number of nitrogens with zero attached hydrogens (tertiary/aromatic N) is 3. The van der Waals surface area contributed by atoms with Gasteiger partial charge in [0.1, 0.15) is 17.1 Å². The van der Waals surface area contributed by atoms with Crippen molar-refractivity contribution in [3.63, 3.8) is 0 Å². The molecule has 3 rings (SSSR count). The fourth-order valence-electron chi connectivity index (χ4n) is 2.93.